The van der Waals surface area contributed by atoms with Crippen molar-refractivity contribution >= 4 is 27.4 Å². The number of aromatic nitrogens is 3. The Morgan fingerprint density at radius 3 is 2.75 bits per heavy atom. The zero-order valence-corrected chi connectivity index (χ0v) is 14.2. The van der Waals surface area contributed by atoms with Gasteiger partial charge in [-0.25, -0.2) is 22.6 Å². The fourth-order valence-corrected chi connectivity index (χ4v) is 3.12. The maximum Gasteiger partial charge on any atom is 0.256 e. The van der Waals surface area contributed by atoms with Crippen LogP contribution in [0.25, 0.3) is 5.65 Å². The number of carbonyl (C=O) groups excluding carboxylic acids is 1. The highest BCUT2D eigenvalue weighted by Gasteiger charge is 2.18. The van der Waals surface area contributed by atoms with Crippen LogP contribution < -0.4 is 14.9 Å². The van der Waals surface area contributed by atoms with E-state index in [0.29, 0.717) is 11.2 Å². The predicted octanol–water partition coefficient (Wildman–Crippen LogP) is -0.391. The highest BCUT2D eigenvalue weighted by atomic mass is 32.2. The van der Waals surface area contributed by atoms with Crippen molar-refractivity contribution in [2.24, 2.45) is 0 Å². The maximum atomic E-state index is 12.3. The summed E-state index contributed by atoms with van der Waals surface area (Å²) in [4.78, 5) is 19.0. The van der Waals surface area contributed by atoms with Crippen LogP contribution in [0, 0.1) is 0 Å². The molecule has 24 heavy (non-hydrogen) atoms. The van der Waals surface area contributed by atoms with Gasteiger partial charge in [0.15, 0.2) is 5.65 Å². The van der Waals surface area contributed by atoms with Gasteiger partial charge in [0.2, 0.25) is 10.0 Å². The number of rotatable bonds is 6. The molecule has 1 fully saturated rings. The summed E-state index contributed by atoms with van der Waals surface area (Å²) in [6, 6.07) is 1.89. The summed E-state index contributed by atoms with van der Waals surface area (Å²) in [5, 5.41) is 6.80. The summed E-state index contributed by atoms with van der Waals surface area (Å²) in [6.07, 6.45) is 6.62. The summed E-state index contributed by atoms with van der Waals surface area (Å²) in [5.41, 5.74) is 0.864. The van der Waals surface area contributed by atoms with E-state index in [1.54, 1.807) is 10.7 Å². The van der Waals surface area contributed by atoms with Crippen molar-refractivity contribution in [3.8, 4) is 0 Å². The van der Waals surface area contributed by atoms with Gasteiger partial charge in [0.25, 0.3) is 5.91 Å². The van der Waals surface area contributed by atoms with E-state index in [-0.39, 0.29) is 19.0 Å². The molecule has 0 saturated carbocycles. The predicted molar refractivity (Wildman–Crippen MR) is 89.6 cm³/mol. The van der Waals surface area contributed by atoms with E-state index in [1.807, 2.05) is 6.07 Å². The molecular formula is C14H20N6O3S. The molecule has 0 aromatic carbocycles. The molecule has 3 heterocycles. The molecule has 2 N–H and O–H groups in total. The Hall–Kier alpha value is -2.20. The molecule has 3 rings (SSSR count). The highest BCUT2D eigenvalue weighted by molar-refractivity contribution is 7.88. The first-order chi connectivity index (χ1) is 11.4. The lowest BCUT2D eigenvalue weighted by molar-refractivity contribution is 0.0955. The van der Waals surface area contributed by atoms with E-state index in [2.05, 4.69) is 25.0 Å². The third kappa shape index (κ3) is 3.82. The number of sulfonamides is 1. The number of hydrogen-bond acceptors (Lipinski definition) is 6. The molecule has 130 valence electrons. The third-order valence-corrected chi connectivity index (χ3v) is 4.53. The van der Waals surface area contributed by atoms with E-state index < -0.39 is 10.0 Å². The van der Waals surface area contributed by atoms with Crippen LogP contribution in [-0.4, -0.2) is 61.4 Å². The average molecular weight is 352 g/mol. The Balaban J connectivity index is 1.71. The number of amides is 1. The lowest BCUT2D eigenvalue weighted by Gasteiger charge is -2.16. The van der Waals surface area contributed by atoms with Crippen LogP contribution in [0.15, 0.2) is 18.5 Å². The van der Waals surface area contributed by atoms with Crippen LogP contribution in [0.2, 0.25) is 0 Å². The first kappa shape index (κ1) is 16.7. The van der Waals surface area contributed by atoms with Gasteiger partial charge in [-0.05, 0) is 18.9 Å². The molecule has 1 amide bonds. The molecule has 0 aliphatic carbocycles. The minimum atomic E-state index is -3.26. The second kappa shape index (κ2) is 6.73. The zero-order valence-electron chi connectivity index (χ0n) is 13.4. The van der Waals surface area contributed by atoms with Crippen molar-refractivity contribution in [3.05, 3.63) is 24.0 Å². The summed E-state index contributed by atoms with van der Waals surface area (Å²) < 4.78 is 25.9. The number of hydrogen-bond donors (Lipinski definition) is 2. The fraction of sp³-hybridized carbons (Fsp3) is 0.500. The second-order valence-corrected chi connectivity index (χ2v) is 7.56. The molecule has 2 aromatic heterocycles. The minimum absolute atomic E-state index is 0.135. The van der Waals surface area contributed by atoms with Gasteiger partial charge in [-0.15, -0.1) is 0 Å². The van der Waals surface area contributed by atoms with Crippen LogP contribution in [0.3, 0.4) is 0 Å². The normalized spacial score (nSPS) is 15.1. The van der Waals surface area contributed by atoms with Crippen LogP contribution in [0.1, 0.15) is 23.2 Å². The number of nitrogens with zero attached hydrogens (tertiary/aromatic N) is 4. The molecule has 0 unspecified atom stereocenters. The summed E-state index contributed by atoms with van der Waals surface area (Å²) >= 11 is 0. The van der Waals surface area contributed by atoms with Crippen LogP contribution >= 0.6 is 0 Å². The van der Waals surface area contributed by atoms with E-state index in [0.717, 1.165) is 38.0 Å². The monoisotopic (exact) mass is 352 g/mol. The van der Waals surface area contributed by atoms with Crippen LogP contribution in [0.4, 0.5) is 5.82 Å². The summed E-state index contributed by atoms with van der Waals surface area (Å²) in [7, 11) is -3.26. The third-order valence-electron chi connectivity index (χ3n) is 3.80. The van der Waals surface area contributed by atoms with Gasteiger partial charge in [0.1, 0.15) is 11.4 Å². The fourth-order valence-electron chi connectivity index (χ4n) is 2.65. The molecule has 2 aromatic rings. The first-order valence-electron chi connectivity index (χ1n) is 7.76. The van der Waals surface area contributed by atoms with Crippen molar-refractivity contribution in [2.45, 2.75) is 12.8 Å². The van der Waals surface area contributed by atoms with Crippen molar-refractivity contribution in [2.75, 3.05) is 37.3 Å². The Morgan fingerprint density at radius 1 is 1.29 bits per heavy atom. The van der Waals surface area contributed by atoms with Crippen molar-refractivity contribution in [1.82, 2.24) is 24.6 Å². The zero-order chi connectivity index (χ0) is 17.2. The van der Waals surface area contributed by atoms with E-state index in [4.69, 9.17) is 0 Å². The SMILES string of the molecule is CS(=O)(=O)NCCNC(=O)c1cnn2ccc(N3CCCC3)nc12. The van der Waals surface area contributed by atoms with E-state index in [1.165, 1.54) is 6.20 Å². The molecule has 10 heteroatoms. The molecule has 1 aliphatic heterocycles. The molecule has 0 bridgehead atoms. The van der Waals surface area contributed by atoms with Crippen molar-refractivity contribution in [1.29, 1.82) is 0 Å². The van der Waals surface area contributed by atoms with Gasteiger partial charge in [-0.2, -0.15) is 5.10 Å². The molecular weight excluding hydrogens is 332 g/mol. The minimum Gasteiger partial charge on any atom is -0.357 e. The van der Waals surface area contributed by atoms with Gasteiger partial charge in [-0.1, -0.05) is 0 Å². The van der Waals surface area contributed by atoms with Crippen LogP contribution in [0.5, 0.6) is 0 Å². The van der Waals surface area contributed by atoms with Gasteiger partial charge in [-0.3, -0.25) is 4.79 Å². The summed E-state index contributed by atoms with van der Waals surface area (Å²) in [6.45, 7) is 2.26. The Labute approximate surface area is 140 Å². The van der Waals surface area contributed by atoms with Crippen LogP contribution in [-0.2, 0) is 10.0 Å². The Morgan fingerprint density at radius 2 is 2.04 bits per heavy atom. The Bertz CT molecular complexity index is 841. The molecule has 1 saturated heterocycles. The number of nitrogens with one attached hydrogen (secondary N) is 2. The Kier molecular flexibility index (Phi) is 4.67. The molecule has 0 atom stereocenters. The maximum absolute atomic E-state index is 12.3. The van der Waals surface area contributed by atoms with E-state index >= 15 is 0 Å². The molecule has 9 nitrogen and oxygen atoms in total. The lowest BCUT2D eigenvalue weighted by atomic mass is 10.3. The molecule has 1 aliphatic rings. The standard InChI is InChI=1S/C14H20N6O3S/c1-24(22,23)17-6-5-15-14(21)11-10-16-20-9-4-12(18-13(11)20)19-7-2-3-8-19/h4,9-10,17H,2-3,5-8H2,1H3,(H,15,21). The summed E-state index contributed by atoms with van der Waals surface area (Å²) in [5.74, 6) is 0.514. The van der Waals surface area contributed by atoms with Gasteiger partial charge < -0.3 is 10.2 Å². The number of carbonyl (C=O) groups is 1. The highest BCUT2D eigenvalue weighted by Crippen LogP contribution is 2.19. The number of anilines is 1. The second-order valence-electron chi connectivity index (χ2n) is 5.73. The lowest BCUT2D eigenvalue weighted by Crippen LogP contribution is -2.34. The molecule has 0 radical (unpaired) electrons. The first-order valence-corrected chi connectivity index (χ1v) is 9.65. The van der Waals surface area contributed by atoms with Gasteiger partial charge >= 0.3 is 0 Å². The van der Waals surface area contributed by atoms with Gasteiger partial charge in [0.05, 0.1) is 12.5 Å². The van der Waals surface area contributed by atoms with Crippen molar-refractivity contribution in [3.63, 3.8) is 0 Å². The largest absolute Gasteiger partial charge is 0.357 e. The smallest absolute Gasteiger partial charge is 0.256 e. The average Bonchev–Trinajstić information content (AvgIpc) is 3.18. The number of fused-ring (bicyclic) bond motifs is 1. The van der Waals surface area contributed by atoms with E-state index in [9.17, 15) is 13.2 Å². The van der Waals surface area contributed by atoms with Gasteiger partial charge in [0, 0.05) is 32.4 Å². The topological polar surface area (TPSA) is 109 Å². The quantitative estimate of drug-likeness (QED) is 0.685. The molecule has 0 spiro atoms. The van der Waals surface area contributed by atoms with Crippen molar-refractivity contribution < 1.29 is 13.2 Å².